The van der Waals surface area contributed by atoms with E-state index in [2.05, 4.69) is 15.6 Å². The number of rotatable bonds is 3. The Morgan fingerprint density at radius 3 is 3.04 bits per heavy atom. The van der Waals surface area contributed by atoms with Crippen LogP contribution in [0.5, 0.6) is 0 Å². The minimum Gasteiger partial charge on any atom is -0.444 e. The van der Waals surface area contributed by atoms with Crippen molar-refractivity contribution < 1.29 is 13.9 Å². The lowest BCUT2D eigenvalue weighted by molar-refractivity contribution is 0.0553. The molecule has 2 heterocycles. The van der Waals surface area contributed by atoms with Gasteiger partial charge in [-0.1, -0.05) is 6.07 Å². The Hall–Kier alpha value is -2.34. The van der Waals surface area contributed by atoms with Gasteiger partial charge in [-0.25, -0.2) is 9.78 Å². The van der Waals surface area contributed by atoms with Crippen molar-refractivity contribution in [3.63, 3.8) is 0 Å². The molecule has 4 rings (SSSR count). The van der Waals surface area contributed by atoms with Gasteiger partial charge in [0.15, 0.2) is 0 Å². The molecule has 0 bridgehead atoms. The van der Waals surface area contributed by atoms with Gasteiger partial charge >= 0.3 is 6.03 Å². The van der Waals surface area contributed by atoms with E-state index < -0.39 is 0 Å². The number of aryl methyl sites for hydroxylation is 1. The van der Waals surface area contributed by atoms with Gasteiger partial charge in [0.1, 0.15) is 6.26 Å². The topological polar surface area (TPSA) is 76.4 Å². The van der Waals surface area contributed by atoms with Gasteiger partial charge in [0.25, 0.3) is 0 Å². The van der Waals surface area contributed by atoms with Gasteiger partial charge in [-0.15, -0.1) is 0 Å². The number of oxazole rings is 1. The van der Waals surface area contributed by atoms with Crippen LogP contribution >= 0.6 is 0 Å². The predicted molar refractivity (Wildman–Crippen MR) is 94.3 cm³/mol. The smallest absolute Gasteiger partial charge is 0.319 e. The van der Waals surface area contributed by atoms with Crippen LogP contribution < -0.4 is 10.6 Å². The molecule has 1 aromatic heterocycles. The molecule has 2 aliphatic rings. The van der Waals surface area contributed by atoms with Crippen LogP contribution in [0.2, 0.25) is 0 Å². The van der Waals surface area contributed by atoms with E-state index in [0.29, 0.717) is 17.9 Å². The zero-order chi connectivity index (χ0) is 17.2. The first kappa shape index (κ1) is 16.1. The van der Waals surface area contributed by atoms with Crippen LogP contribution in [-0.4, -0.2) is 29.8 Å². The van der Waals surface area contributed by atoms with Crippen LogP contribution in [-0.2, 0) is 4.74 Å². The molecule has 0 spiro atoms. The van der Waals surface area contributed by atoms with Crippen LogP contribution in [0, 0.1) is 12.8 Å². The van der Waals surface area contributed by atoms with E-state index in [1.807, 2.05) is 31.2 Å². The first-order valence-electron chi connectivity index (χ1n) is 8.91. The summed E-state index contributed by atoms with van der Waals surface area (Å²) in [6.07, 6.45) is 6.20. The van der Waals surface area contributed by atoms with Crippen LogP contribution in [0.4, 0.5) is 10.5 Å². The molecule has 2 aromatic rings. The van der Waals surface area contributed by atoms with E-state index in [9.17, 15) is 4.79 Å². The Morgan fingerprint density at radius 2 is 2.20 bits per heavy atom. The van der Waals surface area contributed by atoms with Crippen molar-refractivity contribution in [3.8, 4) is 11.5 Å². The quantitative estimate of drug-likeness (QED) is 0.892. The van der Waals surface area contributed by atoms with Crippen molar-refractivity contribution >= 4 is 11.7 Å². The number of ether oxygens (including phenoxy) is 1. The Morgan fingerprint density at radius 1 is 1.28 bits per heavy atom. The highest BCUT2D eigenvalue weighted by molar-refractivity contribution is 5.90. The molecule has 1 aliphatic heterocycles. The third-order valence-electron chi connectivity index (χ3n) is 5.08. The second kappa shape index (κ2) is 6.88. The zero-order valence-electron chi connectivity index (χ0n) is 14.3. The number of benzene rings is 1. The fourth-order valence-corrected chi connectivity index (χ4v) is 3.91. The minimum absolute atomic E-state index is 0.168. The monoisotopic (exact) mass is 341 g/mol. The number of anilines is 1. The lowest BCUT2D eigenvalue weighted by atomic mass is 9.82. The van der Waals surface area contributed by atoms with E-state index in [4.69, 9.17) is 9.15 Å². The van der Waals surface area contributed by atoms with Crippen molar-refractivity contribution in [2.24, 2.45) is 5.92 Å². The van der Waals surface area contributed by atoms with Crippen LogP contribution in [0.15, 0.2) is 34.9 Å². The first-order chi connectivity index (χ1) is 12.2. The largest absolute Gasteiger partial charge is 0.444 e. The summed E-state index contributed by atoms with van der Waals surface area (Å²) >= 11 is 0. The SMILES string of the molecule is Cc1coc(-c2cccc(NC(=O)N[C@@H]3CCC[C@H]4OCC[C@H]34)c2)n1. The van der Waals surface area contributed by atoms with E-state index in [0.717, 1.165) is 49.2 Å². The second-order valence-electron chi connectivity index (χ2n) is 6.87. The van der Waals surface area contributed by atoms with Gasteiger partial charge < -0.3 is 19.8 Å². The number of urea groups is 1. The molecule has 132 valence electrons. The highest BCUT2D eigenvalue weighted by Gasteiger charge is 2.38. The summed E-state index contributed by atoms with van der Waals surface area (Å²) < 4.78 is 11.2. The third-order valence-corrected chi connectivity index (χ3v) is 5.08. The number of nitrogens with one attached hydrogen (secondary N) is 2. The van der Waals surface area contributed by atoms with E-state index in [1.54, 1.807) is 6.26 Å². The minimum atomic E-state index is -0.168. The summed E-state index contributed by atoms with van der Waals surface area (Å²) in [4.78, 5) is 16.7. The lowest BCUT2D eigenvalue weighted by Crippen LogP contribution is -2.47. The summed E-state index contributed by atoms with van der Waals surface area (Å²) in [6, 6.07) is 7.55. The maximum atomic E-state index is 12.4. The fraction of sp³-hybridized carbons (Fsp3) is 0.474. The average molecular weight is 341 g/mol. The number of hydrogen-bond donors (Lipinski definition) is 2. The Labute approximate surface area is 147 Å². The first-order valence-corrected chi connectivity index (χ1v) is 8.91. The van der Waals surface area contributed by atoms with Gasteiger partial charge in [0, 0.05) is 29.8 Å². The average Bonchev–Trinajstić information content (AvgIpc) is 3.24. The van der Waals surface area contributed by atoms with Crippen LogP contribution in [0.25, 0.3) is 11.5 Å². The van der Waals surface area contributed by atoms with Crippen molar-refractivity contribution in [2.45, 2.75) is 44.8 Å². The molecule has 0 radical (unpaired) electrons. The third kappa shape index (κ3) is 3.54. The summed E-state index contributed by atoms with van der Waals surface area (Å²) in [5, 5.41) is 6.06. The highest BCUT2D eigenvalue weighted by Crippen LogP contribution is 2.34. The molecule has 6 heteroatoms. The Kier molecular flexibility index (Phi) is 4.44. The molecule has 1 saturated heterocycles. The van der Waals surface area contributed by atoms with Crippen molar-refractivity contribution in [1.82, 2.24) is 10.3 Å². The van der Waals surface area contributed by atoms with Crippen LogP contribution in [0.1, 0.15) is 31.4 Å². The molecule has 3 atom stereocenters. The maximum absolute atomic E-state index is 12.4. The van der Waals surface area contributed by atoms with Crippen LogP contribution in [0.3, 0.4) is 0 Å². The molecule has 1 saturated carbocycles. The summed E-state index contributed by atoms with van der Waals surface area (Å²) in [7, 11) is 0. The molecule has 6 nitrogen and oxygen atoms in total. The summed E-state index contributed by atoms with van der Waals surface area (Å²) in [5.74, 6) is 1.00. The van der Waals surface area contributed by atoms with E-state index in [-0.39, 0.29) is 12.1 Å². The van der Waals surface area contributed by atoms with Gasteiger partial charge in [-0.3, -0.25) is 0 Å². The molecule has 25 heavy (non-hydrogen) atoms. The highest BCUT2D eigenvalue weighted by atomic mass is 16.5. The predicted octanol–water partition coefficient (Wildman–Crippen LogP) is 3.73. The number of aromatic nitrogens is 1. The summed E-state index contributed by atoms with van der Waals surface area (Å²) in [6.45, 7) is 2.69. The Balaban J connectivity index is 1.41. The lowest BCUT2D eigenvalue weighted by Gasteiger charge is -2.33. The van der Waals surface area contributed by atoms with Gasteiger partial charge in [-0.05, 0) is 50.8 Å². The van der Waals surface area contributed by atoms with Gasteiger partial charge in [0.05, 0.1) is 11.8 Å². The number of fused-ring (bicyclic) bond motifs is 1. The number of carbonyl (C=O) groups is 1. The molecule has 2 N–H and O–H groups in total. The van der Waals surface area contributed by atoms with Crippen molar-refractivity contribution in [2.75, 3.05) is 11.9 Å². The molecule has 2 amide bonds. The number of amides is 2. The van der Waals surface area contributed by atoms with Gasteiger partial charge in [-0.2, -0.15) is 0 Å². The fourth-order valence-electron chi connectivity index (χ4n) is 3.91. The molecule has 1 aromatic carbocycles. The zero-order valence-corrected chi connectivity index (χ0v) is 14.3. The molecule has 1 aliphatic carbocycles. The molecule has 2 fully saturated rings. The van der Waals surface area contributed by atoms with Crippen molar-refractivity contribution in [1.29, 1.82) is 0 Å². The van der Waals surface area contributed by atoms with Crippen molar-refractivity contribution in [3.05, 3.63) is 36.2 Å². The standard InChI is InChI=1S/C19H23N3O3/c1-12-11-25-18(20-12)13-4-2-5-14(10-13)21-19(23)22-16-6-3-7-17-15(16)8-9-24-17/h2,4-5,10-11,15-17H,3,6-9H2,1H3,(H2,21,22,23)/t15-,16-,17-/m1/s1. The number of hydrogen-bond acceptors (Lipinski definition) is 4. The second-order valence-corrected chi connectivity index (χ2v) is 6.87. The molecular formula is C19H23N3O3. The van der Waals surface area contributed by atoms with Gasteiger partial charge in [0.2, 0.25) is 5.89 Å². The summed E-state index contributed by atoms with van der Waals surface area (Å²) in [5.41, 5.74) is 2.39. The number of carbonyl (C=O) groups excluding carboxylic acids is 1. The Bertz CT molecular complexity index is 758. The molecule has 0 unspecified atom stereocenters. The normalized spacial score (nSPS) is 25.4. The number of nitrogens with zero attached hydrogens (tertiary/aromatic N) is 1. The van der Waals surface area contributed by atoms with E-state index in [1.165, 1.54) is 0 Å². The molecular weight excluding hydrogens is 318 g/mol. The van der Waals surface area contributed by atoms with E-state index >= 15 is 0 Å². The maximum Gasteiger partial charge on any atom is 0.319 e.